The highest BCUT2D eigenvalue weighted by atomic mass is 32.1. The van der Waals surface area contributed by atoms with Gasteiger partial charge in [0.1, 0.15) is 5.75 Å². The van der Waals surface area contributed by atoms with Crippen molar-refractivity contribution in [3.8, 4) is 5.75 Å². The predicted octanol–water partition coefficient (Wildman–Crippen LogP) is 4.04. The first kappa shape index (κ1) is 16.4. The molecule has 0 N–H and O–H groups in total. The summed E-state index contributed by atoms with van der Waals surface area (Å²) in [5.41, 5.74) is 2.46. The first-order valence-corrected chi connectivity index (χ1v) is 9.40. The number of hydrogen-bond acceptors (Lipinski definition) is 5. The smallest absolute Gasteiger partial charge is 0.185 e. The van der Waals surface area contributed by atoms with E-state index < -0.39 is 0 Å². The largest absolute Gasteiger partial charge is 0.497 e. The van der Waals surface area contributed by atoms with Gasteiger partial charge < -0.3 is 14.4 Å². The molecule has 1 fully saturated rings. The van der Waals surface area contributed by atoms with Gasteiger partial charge in [0.05, 0.1) is 26.0 Å². The molecule has 1 aliphatic rings. The van der Waals surface area contributed by atoms with E-state index in [9.17, 15) is 0 Å². The number of nitrogens with zero attached hydrogens (tertiary/aromatic N) is 2. The van der Waals surface area contributed by atoms with Crippen LogP contribution in [0.25, 0.3) is 10.8 Å². The standard InChI is InChI=1S/C20H22N2O2S/c1-14-19(21-20(25-14)22-7-9-24-10-8-22)12-15-3-4-16-5-6-18(23-2)13-17(16)11-15/h3-6,11,13H,7-10,12H2,1-2H3. The van der Waals surface area contributed by atoms with E-state index in [4.69, 9.17) is 14.5 Å². The van der Waals surface area contributed by atoms with Crippen molar-refractivity contribution in [3.63, 3.8) is 0 Å². The summed E-state index contributed by atoms with van der Waals surface area (Å²) in [4.78, 5) is 8.53. The van der Waals surface area contributed by atoms with Crippen LogP contribution in [0.3, 0.4) is 0 Å². The number of fused-ring (bicyclic) bond motifs is 1. The van der Waals surface area contributed by atoms with Gasteiger partial charge in [0.2, 0.25) is 0 Å². The molecular formula is C20H22N2O2S. The molecule has 0 amide bonds. The van der Waals surface area contributed by atoms with Crippen molar-refractivity contribution in [2.45, 2.75) is 13.3 Å². The van der Waals surface area contributed by atoms with Crippen LogP contribution in [0.2, 0.25) is 0 Å². The minimum atomic E-state index is 0.792. The van der Waals surface area contributed by atoms with Gasteiger partial charge in [-0.05, 0) is 35.4 Å². The molecule has 0 radical (unpaired) electrons. The average molecular weight is 354 g/mol. The van der Waals surface area contributed by atoms with Crippen molar-refractivity contribution >= 4 is 27.2 Å². The minimum absolute atomic E-state index is 0.792. The lowest BCUT2D eigenvalue weighted by Gasteiger charge is -2.26. The lowest BCUT2D eigenvalue weighted by molar-refractivity contribution is 0.122. The fraction of sp³-hybridized carbons (Fsp3) is 0.350. The third kappa shape index (κ3) is 3.48. The van der Waals surface area contributed by atoms with E-state index in [1.54, 1.807) is 18.4 Å². The molecule has 0 unspecified atom stereocenters. The fourth-order valence-corrected chi connectivity index (χ4v) is 4.15. The van der Waals surface area contributed by atoms with Crippen molar-refractivity contribution in [3.05, 3.63) is 52.5 Å². The van der Waals surface area contributed by atoms with Crippen molar-refractivity contribution in [2.75, 3.05) is 38.3 Å². The van der Waals surface area contributed by atoms with Gasteiger partial charge in [-0.1, -0.05) is 24.3 Å². The molecular weight excluding hydrogens is 332 g/mol. The second kappa shape index (κ2) is 7.02. The maximum atomic E-state index is 5.44. The highest BCUT2D eigenvalue weighted by molar-refractivity contribution is 7.15. The van der Waals surface area contributed by atoms with Gasteiger partial charge >= 0.3 is 0 Å². The summed E-state index contributed by atoms with van der Waals surface area (Å²) in [6.45, 7) is 5.62. The first-order valence-electron chi connectivity index (χ1n) is 8.58. The van der Waals surface area contributed by atoms with E-state index in [0.717, 1.165) is 43.6 Å². The molecule has 1 aromatic heterocycles. The van der Waals surface area contributed by atoms with Crippen molar-refractivity contribution in [2.24, 2.45) is 0 Å². The van der Waals surface area contributed by atoms with Crippen LogP contribution in [0.1, 0.15) is 16.1 Å². The monoisotopic (exact) mass is 354 g/mol. The van der Waals surface area contributed by atoms with Crippen LogP contribution in [0.4, 0.5) is 5.13 Å². The summed E-state index contributed by atoms with van der Waals surface area (Å²) in [6.07, 6.45) is 0.861. The molecule has 0 spiro atoms. The molecule has 0 aliphatic carbocycles. The lowest BCUT2D eigenvalue weighted by atomic mass is 10.0. The molecule has 2 heterocycles. The lowest BCUT2D eigenvalue weighted by Crippen LogP contribution is -2.36. The van der Waals surface area contributed by atoms with Gasteiger partial charge in [0.15, 0.2) is 5.13 Å². The topological polar surface area (TPSA) is 34.6 Å². The van der Waals surface area contributed by atoms with Crippen molar-refractivity contribution < 1.29 is 9.47 Å². The Morgan fingerprint density at radius 2 is 1.92 bits per heavy atom. The SMILES string of the molecule is COc1ccc2ccc(Cc3nc(N4CCOCC4)sc3C)cc2c1. The Labute approximate surface area is 152 Å². The van der Waals surface area contributed by atoms with Gasteiger partial charge in [0, 0.05) is 24.4 Å². The third-order valence-corrected chi connectivity index (χ3v) is 5.72. The molecule has 5 heteroatoms. The zero-order chi connectivity index (χ0) is 17.2. The first-order chi connectivity index (χ1) is 12.2. The van der Waals surface area contributed by atoms with Crippen molar-refractivity contribution in [1.82, 2.24) is 4.98 Å². The van der Waals surface area contributed by atoms with E-state index in [0.29, 0.717) is 0 Å². The summed E-state index contributed by atoms with van der Waals surface area (Å²) in [5.74, 6) is 0.893. The Bertz CT molecular complexity index is 885. The van der Waals surface area contributed by atoms with E-state index >= 15 is 0 Å². The Balaban J connectivity index is 1.59. The number of benzene rings is 2. The maximum absolute atomic E-state index is 5.44. The van der Waals surface area contributed by atoms with Crippen LogP contribution < -0.4 is 9.64 Å². The van der Waals surface area contributed by atoms with Crippen LogP contribution in [-0.4, -0.2) is 38.4 Å². The van der Waals surface area contributed by atoms with Crippen molar-refractivity contribution in [1.29, 1.82) is 0 Å². The molecule has 130 valence electrons. The summed E-state index contributed by atoms with van der Waals surface area (Å²) >= 11 is 1.79. The summed E-state index contributed by atoms with van der Waals surface area (Å²) in [6, 6.07) is 12.8. The van der Waals surface area contributed by atoms with Gasteiger partial charge in [-0.15, -0.1) is 11.3 Å². The Morgan fingerprint density at radius 1 is 1.12 bits per heavy atom. The molecule has 0 bridgehead atoms. The van der Waals surface area contributed by atoms with Gasteiger partial charge in [-0.2, -0.15) is 0 Å². The van der Waals surface area contributed by atoms with Crippen LogP contribution in [0.5, 0.6) is 5.75 Å². The second-order valence-electron chi connectivity index (χ2n) is 6.32. The molecule has 1 aliphatic heterocycles. The molecule has 0 saturated carbocycles. The van der Waals surface area contributed by atoms with Crippen LogP contribution in [0.15, 0.2) is 36.4 Å². The third-order valence-electron chi connectivity index (χ3n) is 4.65. The van der Waals surface area contributed by atoms with Gasteiger partial charge in [0.25, 0.3) is 0 Å². The molecule has 3 aromatic rings. The summed E-state index contributed by atoms with van der Waals surface area (Å²) in [5, 5.41) is 3.56. The van der Waals surface area contributed by atoms with E-state index in [1.807, 2.05) is 6.07 Å². The van der Waals surface area contributed by atoms with Crippen LogP contribution in [0, 0.1) is 6.92 Å². The number of ether oxygens (including phenoxy) is 2. The predicted molar refractivity (Wildman–Crippen MR) is 103 cm³/mol. The fourth-order valence-electron chi connectivity index (χ4n) is 3.17. The normalized spacial score (nSPS) is 14.9. The Hall–Kier alpha value is -2.11. The number of methoxy groups -OCH3 is 1. The number of anilines is 1. The summed E-state index contributed by atoms with van der Waals surface area (Å²) in [7, 11) is 1.71. The second-order valence-corrected chi connectivity index (χ2v) is 7.50. The maximum Gasteiger partial charge on any atom is 0.185 e. The van der Waals surface area contributed by atoms with E-state index in [2.05, 4.69) is 42.2 Å². The zero-order valence-corrected chi connectivity index (χ0v) is 15.4. The quantitative estimate of drug-likeness (QED) is 0.708. The number of thiazole rings is 1. The van der Waals surface area contributed by atoms with Gasteiger partial charge in [-0.25, -0.2) is 4.98 Å². The van der Waals surface area contributed by atoms with Crippen LogP contribution >= 0.6 is 11.3 Å². The number of rotatable bonds is 4. The molecule has 2 aromatic carbocycles. The van der Waals surface area contributed by atoms with E-state index in [1.165, 1.54) is 26.9 Å². The molecule has 1 saturated heterocycles. The molecule has 0 atom stereocenters. The highest BCUT2D eigenvalue weighted by Crippen LogP contribution is 2.29. The Kier molecular flexibility index (Phi) is 4.59. The molecule has 25 heavy (non-hydrogen) atoms. The number of aryl methyl sites for hydroxylation is 1. The molecule has 4 rings (SSSR count). The van der Waals surface area contributed by atoms with E-state index in [-0.39, 0.29) is 0 Å². The summed E-state index contributed by atoms with van der Waals surface area (Å²) < 4.78 is 10.8. The zero-order valence-electron chi connectivity index (χ0n) is 14.6. The average Bonchev–Trinajstić information content (AvgIpc) is 3.02. The number of morpholine rings is 1. The van der Waals surface area contributed by atoms with Crippen LogP contribution in [-0.2, 0) is 11.2 Å². The minimum Gasteiger partial charge on any atom is -0.497 e. The van der Waals surface area contributed by atoms with Gasteiger partial charge in [-0.3, -0.25) is 0 Å². The number of aromatic nitrogens is 1. The Morgan fingerprint density at radius 3 is 2.72 bits per heavy atom. The molecule has 4 nitrogen and oxygen atoms in total. The highest BCUT2D eigenvalue weighted by Gasteiger charge is 2.17. The number of hydrogen-bond donors (Lipinski definition) is 0.